The summed E-state index contributed by atoms with van der Waals surface area (Å²) in [5.41, 5.74) is 9.05. The highest BCUT2D eigenvalue weighted by Gasteiger charge is 2.23. The molecule has 0 aliphatic rings. The third-order valence-corrected chi connectivity index (χ3v) is 6.47. The number of ether oxygens (including phenoxy) is 1. The van der Waals surface area contributed by atoms with Gasteiger partial charge in [-0.3, -0.25) is 9.20 Å². The van der Waals surface area contributed by atoms with Crippen molar-refractivity contribution in [2.45, 2.75) is 45.9 Å². The van der Waals surface area contributed by atoms with Crippen molar-refractivity contribution in [2.24, 2.45) is 5.73 Å². The largest absolute Gasteiger partial charge is 0.469 e. The minimum absolute atomic E-state index is 0.00980. The van der Waals surface area contributed by atoms with Gasteiger partial charge < -0.3 is 15.8 Å². The first-order chi connectivity index (χ1) is 15.6. The van der Waals surface area contributed by atoms with Crippen LogP contribution in [0.15, 0.2) is 48.8 Å². The summed E-state index contributed by atoms with van der Waals surface area (Å²) in [5, 5.41) is 4.63. The zero-order chi connectivity index (χ0) is 23.8. The van der Waals surface area contributed by atoms with E-state index < -0.39 is 12.0 Å². The molecule has 0 fully saturated rings. The monoisotopic (exact) mass is 483 g/mol. The maximum absolute atomic E-state index is 12.1. The molecule has 33 heavy (non-hydrogen) atoms. The lowest BCUT2D eigenvalue weighted by Crippen LogP contribution is -2.35. The highest BCUT2D eigenvalue weighted by molar-refractivity contribution is 7.17. The van der Waals surface area contributed by atoms with Crippen molar-refractivity contribution in [3.8, 4) is 16.6 Å². The van der Waals surface area contributed by atoms with Crippen molar-refractivity contribution in [1.29, 1.82) is 0 Å². The Morgan fingerprint density at radius 2 is 2.09 bits per heavy atom. The molecule has 3 heterocycles. The van der Waals surface area contributed by atoms with Gasteiger partial charge in [-0.05, 0) is 51.5 Å². The van der Waals surface area contributed by atoms with Crippen LogP contribution in [0.1, 0.15) is 54.6 Å². The molecule has 3 aromatic heterocycles. The third kappa shape index (κ3) is 5.19. The zero-order valence-corrected chi connectivity index (χ0v) is 20.5. The number of amides is 1. The molecular weight excluding hydrogens is 458 g/mol. The van der Waals surface area contributed by atoms with E-state index in [1.165, 1.54) is 11.3 Å². The Morgan fingerprint density at radius 1 is 1.30 bits per heavy atom. The number of aromatic nitrogens is 3. The van der Waals surface area contributed by atoms with Gasteiger partial charge in [0.1, 0.15) is 22.5 Å². The number of nitrogens with zero attached hydrogens (tertiary/aromatic N) is 3. The predicted octanol–water partition coefficient (Wildman–Crippen LogP) is 5.24. The van der Waals surface area contributed by atoms with Crippen molar-refractivity contribution >= 4 is 34.5 Å². The summed E-state index contributed by atoms with van der Waals surface area (Å²) in [4.78, 5) is 21.3. The summed E-state index contributed by atoms with van der Waals surface area (Å²) in [6.45, 7) is 8.92. The fraction of sp³-hybridized carbons (Fsp3) is 0.292. The number of thiazole rings is 1. The van der Waals surface area contributed by atoms with Crippen molar-refractivity contribution in [3.63, 3.8) is 0 Å². The highest BCUT2D eigenvalue weighted by atomic mass is 35.5. The molecule has 3 N–H and O–H groups in total. The molecule has 0 saturated carbocycles. The number of hydrogen-bond donors (Lipinski definition) is 2. The van der Waals surface area contributed by atoms with Gasteiger partial charge in [-0.25, -0.2) is 4.98 Å². The first kappa shape index (κ1) is 23.2. The second-order valence-electron chi connectivity index (χ2n) is 8.81. The fourth-order valence-corrected chi connectivity index (χ4v) is 4.57. The van der Waals surface area contributed by atoms with Crippen LogP contribution in [0.2, 0.25) is 5.02 Å². The van der Waals surface area contributed by atoms with Gasteiger partial charge in [0.05, 0.1) is 6.20 Å². The Morgan fingerprint density at radius 3 is 2.79 bits per heavy atom. The average molecular weight is 484 g/mol. The third-order valence-electron chi connectivity index (χ3n) is 5.07. The number of hydrogen-bond acceptors (Lipinski definition) is 6. The molecule has 4 aromatic rings. The standard InChI is InChI=1S/C24H26ClN5O2S/c1-14(16-9-8-15(11-17(16)25)12-28-24(2,3)4)32-22-20(21(26)31)33-23(29-22)18-13-27-19-7-5-6-10-30(18)19/h5-11,13-14,28H,12H2,1-4H3,(H2,26,31)/t14-/m1/s1. The van der Waals surface area contributed by atoms with Crippen LogP contribution < -0.4 is 15.8 Å². The Labute approximate surface area is 201 Å². The Hall–Kier alpha value is -2.94. The summed E-state index contributed by atoms with van der Waals surface area (Å²) < 4.78 is 7.99. The quantitative estimate of drug-likeness (QED) is 0.375. The molecule has 172 valence electrons. The van der Waals surface area contributed by atoms with E-state index in [0.717, 1.165) is 22.5 Å². The van der Waals surface area contributed by atoms with Gasteiger partial charge in [0.15, 0.2) is 4.88 Å². The number of carbonyl (C=O) groups excluding carboxylic acids is 1. The number of rotatable bonds is 7. The molecule has 9 heteroatoms. The van der Waals surface area contributed by atoms with Crippen LogP contribution in [0.5, 0.6) is 5.88 Å². The van der Waals surface area contributed by atoms with Crippen molar-refractivity contribution in [3.05, 3.63) is 69.8 Å². The molecule has 1 amide bonds. The van der Waals surface area contributed by atoms with Gasteiger partial charge in [0.2, 0.25) is 5.88 Å². The maximum Gasteiger partial charge on any atom is 0.264 e. The lowest BCUT2D eigenvalue weighted by atomic mass is 10.1. The minimum Gasteiger partial charge on any atom is -0.469 e. The molecular formula is C24H26ClN5O2S. The topological polar surface area (TPSA) is 94.5 Å². The molecule has 0 spiro atoms. The molecule has 0 unspecified atom stereocenters. The number of fused-ring (bicyclic) bond motifs is 1. The van der Waals surface area contributed by atoms with E-state index in [1.807, 2.05) is 53.9 Å². The van der Waals surface area contributed by atoms with E-state index in [1.54, 1.807) is 6.20 Å². The van der Waals surface area contributed by atoms with E-state index in [-0.39, 0.29) is 16.3 Å². The fourth-order valence-electron chi connectivity index (χ4n) is 3.35. The molecule has 4 rings (SSSR count). The predicted molar refractivity (Wildman–Crippen MR) is 132 cm³/mol. The van der Waals surface area contributed by atoms with E-state index in [4.69, 9.17) is 22.1 Å². The molecule has 0 saturated heterocycles. The zero-order valence-electron chi connectivity index (χ0n) is 18.9. The van der Waals surface area contributed by atoms with E-state index >= 15 is 0 Å². The van der Waals surface area contributed by atoms with Gasteiger partial charge >= 0.3 is 0 Å². The Kier molecular flexibility index (Phi) is 6.43. The van der Waals surface area contributed by atoms with Gasteiger partial charge in [-0.2, -0.15) is 4.98 Å². The summed E-state index contributed by atoms with van der Waals surface area (Å²) >= 11 is 7.75. The van der Waals surface area contributed by atoms with Gasteiger partial charge in [0, 0.05) is 28.9 Å². The molecule has 1 aromatic carbocycles. The van der Waals surface area contributed by atoms with Gasteiger partial charge in [-0.15, -0.1) is 11.3 Å². The van der Waals surface area contributed by atoms with Crippen LogP contribution in [0.25, 0.3) is 16.3 Å². The second kappa shape index (κ2) is 9.13. The van der Waals surface area contributed by atoms with Gasteiger partial charge in [-0.1, -0.05) is 29.8 Å². The summed E-state index contributed by atoms with van der Waals surface area (Å²) in [6.07, 6.45) is 3.17. The SMILES string of the molecule is C[C@@H](Oc1nc(-c2cnc3ccccn23)sc1C(N)=O)c1ccc(CNC(C)(C)C)cc1Cl. The number of carbonyl (C=O) groups is 1. The minimum atomic E-state index is -0.593. The lowest BCUT2D eigenvalue weighted by Gasteiger charge is -2.21. The smallest absolute Gasteiger partial charge is 0.264 e. The van der Waals surface area contributed by atoms with Crippen LogP contribution in [0.3, 0.4) is 0 Å². The number of imidazole rings is 1. The number of nitrogens with two attached hydrogens (primary N) is 1. The molecule has 0 aliphatic carbocycles. The second-order valence-corrected chi connectivity index (χ2v) is 10.2. The maximum atomic E-state index is 12.1. The lowest BCUT2D eigenvalue weighted by molar-refractivity contribution is 0.0997. The normalized spacial score (nSPS) is 12.8. The summed E-state index contributed by atoms with van der Waals surface area (Å²) in [6, 6.07) is 11.6. The first-order valence-corrected chi connectivity index (χ1v) is 11.7. The Bertz CT molecular complexity index is 1310. The highest BCUT2D eigenvalue weighted by Crippen LogP contribution is 2.36. The number of halogens is 1. The number of nitrogens with one attached hydrogen (secondary N) is 1. The van der Waals surface area contributed by atoms with E-state index in [9.17, 15) is 4.79 Å². The van der Waals surface area contributed by atoms with E-state index in [0.29, 0.717) is 16.6 Å². The van der Waals surface area contributed by atoms with Crippen LogP contribution in [0, 0.1) is 0 Å². The van der Waals surface area contributed by atoms with Crippen molar-refractivity contribution in [1.82, 2.24) is 19.7 Å². The van der Waals surface area contributed by atoms with Crippen LogP contribution >= 0.6 is 22.9 Å². The molecule has 0 bridgehead atoms. The molecule has 0 radical (unpaired) electrons. The summed E-state index contributed by atoms with van der Waals surface area (Å²) in [7, 11) is 0. The first-order valence-electron chi connectivity index (χ1n) is 10.6. The van der Waals surface area contributed by atoms with Crippen LogP contribution in [-0.4, -0.2) is 25.8 Å². The van der Waals surface area contributed by atoms with Crippen LogP contribution in [0.4, 0.5) is 0 Å². The van der Waals surface area contributed by atoms with Crippen molar-refractivity contribution in [2.75, 3.05) is 0 Å². The number of primary amides is 1. The average Bonchev–Trinajstić information content (AvgIpc) is 3.36. The Balaban J connectivity index is 1.59. The van der Waals surface area contributed by atoms with Gasteiger partial charge in [0.25, 0.3) is 5.91 Å². The summed E-state index contributed by atoms with van der Waals surface area (Å²) in [5.74, 6) is -0.403. The molecule has 1 atom stereocenters. The van der Waals surface area contributed by atoms with Crippen molar-refractivity contribution < 1.29 is 9.53 Å². The molecule has 0 aliphatic heterocycles. The molecule has 7 nitrogen and oxygen atoms in total. The van der Waals surface area contributed by atoms with Crippen LogP contribution in [-0.2, 0) is 6.54 Å². The van der Waals surface area contributed by atoms with E-state index in [2.05, 4.69) is 36.1 Å². The number of benzene rings is 1. The number of pyridine rings is 1.